The molecule has 0 unspecified atom stereocenters. The van der Waals surface area contributed by atoms with Gasteiger partial charge in [-0.05, 0) is 30.7 Å². The molecule has 18 heavy (non-hydrogen) atoms. The Bertz CT molecular complexity index is 681. The molecule has 0 aliphatic heterocycles. The summed E-state index contributed by atoms with van der Waals surface area (Å²) >= 11 is 0. The van der Waals surface area contributed by atoms with Crippen molar-refractivity contribution in [2.24, 2.45) is 0 Å². The van der Waals surface area contributed by atoms with Crippen LogP contribution in [-0.2, 0) is 0 Å². The Morgan fingerprint density at radius 1 is 1.33 bits per heavy atom. The summed E-state index contributed by atoms with van der Waals surface area (Å²) in [4.78, 5) is 12.1. The monoisotopic (exact) mass is 240 g/mol. The van der Waals surface area contributed by atoms with E-state index < -0.39 is 0 Å². The van der Waals surface area contributed by atoms with E-state index >= 15 is 0 Å². The number of nitriles is 1. The van der Waals surface area contributed by atoms with E-state index in [0.717, 1.165) is 0 Å². The van der Waals surface area contributed by atoms with Gasteiger partial charge in [0.05, 0.1) is 12.8 Å². The molecule has 0 N–H and O–H groups in total. The van der Waals surface area contributed by atoms with Crippen LogP contribution in [0.2, 0.25) is 0 Å². The number of ether oxygens (including phenoxy) is 1. The molecule has 4 heteroatoms. The van der Waals surface area contributed by atoms with Gasteiger partial charge in [-0.3, -0.25) is 9.36 Å². The van der Waals surface area contributed by atoms with E-state index in [1.807, 2.05) is 6.07 Å². The number of pyridine rings is 1. The molecule has 0 saturated heterocycles. The zero-order chi connectivity index (χ0) is 13.1. The van der Waals surface area contributed by atoms with Crippen molar-refractivity contribution in [3.05, 3.63) is 58.0 Å². The number of nitrogens with zero attached hydrogens (tertiary/aromatic N) is 2. The first kappa shape index (κ1) is 11.9. The van der Waals surface area contributed by atoms with Gasteiger partial charge in [0, 0.05) is 12.3 Å². The van der Waals surface area contributed by atoms with Crippen LogP contribution in [0.3, 0.4) is 0 Å². The average Bonchev–Trinajstić information content (AvgIpc) is 2.39. The van der Waals surface area contributed by atoms with Crippen LogP contribution in [0.15, 0.2) is 41.3 Å². The van der Waals surface area contributed by atoms with Crippen molar-refractivity contribution in [2.45, 2.75) is 6.92 Å². The SMILES string of the molecule is COc1cccc(-n2ccc(C)c(C#N)c2=O)c1. The van der Waals surface area contributed by atoms with Crippen molar-refractivity contribution < 1.29 is 4.74 Å². The van der Waals surface area contributed by atoms with Crippen LogP contribution in [0.5, 0.6) is 5.75 Å². The maximum Gasteiger partial charge on any atom is 0.273 e. The lowest BCUT2D eigenvalue weighted by atomic mass is 10.1. The standard InChI is InChI=1S/C14H12N2O2/c1-10-6-7-16(14(17)13(10)9-15)11-4-3-5-12(8-11)18-2/h3-8H,1-2H3. The molecule has 0 saturated carbocycles. The Morgan fingerprint density at radius 2 is 2.11 bits per heavy atom. The zero-order valence-corrected chi connectivity index (χ0v) is 10.2. The Morgan fingerprint density at radius 3 is 2.78 bits per heavy atom. The molecule has 0 atom stereocenters. The Kier molecular flexibility index (Phi) is 3.16. The van der Waals surface area contributed by atoms with E-state index in [0.29, 0.717) is 17.0 Å². The summed E-state index contributed by atoms with van der Waals surface area (Å²) in [6, 6.07) is 10.8. The first-order valence-corrected chi connectivity index (χ1v) is 5.44. The van der Waals surface area contributed by atoms with Crippen molar-refractivity contribution in [1.29, 1.82) is 5.26 Å². The van der Waals surface area contributed by atoms with Gasteiger partial charge in [0.1, 0.15) is 17.4 Å². The fourth-order valence-electron chi connectivity index (χ4n) is 1.73. The van der Waals surface area contributed by atoms with Crippen LogP contribution < -0.4 is 10.3 Å². The largest absolute Gasteiger partial charge is 0.497 e. The molecule has 90 valence electrons. The zero-order valence-electron chi connectivity index (χ0n) is 10.2. The van der Waals surface area contributed by atoms with E-state index in [1.165, 1.54) is 4.57 Å². The molecule has 0 fully saturated rings. The lowest BCUT2D eigenvalue weighted by Gasteiger charge is -2.08. The normalized spacial score (nSPS) is 9.83. The predicted octanol–water partition coefficient (Wildman–Crippen LogP) is 2.03. The highest BCUT2D eigenvalue weighted by atomic mass is 16.5. The van der Waals surface area contributed by atoms with Gasteiger partial charge in [-0.25, -0.2) is 0 Å². The molecule has 1 aromatic heterocycles. The number of benzene rings is 1. The topological polar surface area (TPSA) is 55.0 Å². The van der Waals surface area contributed by atoms with Crippen LogP contribution >= 0.6 is 0 Å². The van der Waals surface area contributed by atoms with Crippen molar-refractivity contribution in [2.75, 3.05) is 7.11 Å². The number of rotatable bonds is 2. The van der Waals surface area contributed by atoms with Gasteiger partial charge in [0.15, 0.2) is 0 Å². The molecule has 1 heterocycles. The molecule has 0 bridgehead atoms. The van der Waals surface area contributed by atoms with Gasteiger partial charge in [-0.15, -0.1) is 0 Å². The van der Waals surface area contributed by atoms with E-state index in [9.17, 15) is 4.79 Å². The average molecular weight is 240 g/mol. The third kappa shape index (κ3) is 1.98. The summed E-state index contributed by atoms with van der Waals surface area (Å²) in [6.45, 7) is 1.75. The molecule has 0 radical (unpaired) electrons. The lowest BCUT2D eigenvalue weighted by Crippen LogP contribution is -2.21. The smallest absolute Gasteiger partial charge is 0.273 e. The molecular formula is C14H12N2O2. The van der Waals surface area contributed by atoms with Gasteiger partial charge >= 0.3 is 0 Å². The van der Waals surface area contributed by atoms with Crippen molar-refractivity contribution in [1.82, 2.24) is 4.57 Å². The predicted molar refractivity (Wildman–Crippen MR) is 68.0 cm³/mol. The van der Waals surface area contributed by atoms with Crippen LogP contribution in [0, 0.1) is 18.3 Å². The summed E-state index contributed by atoms with van der Waals surface area (Å²) in [5.41, 5.74) is 1.21. The third-order valence-electron chi connectivity index (χ3n) is 2.74. The highest BCUT2D eigenvalue weighted by Gasteiger charge is 2.08. The quantitative estimate of drug-likeness (QED) is 0.807. The summed E-state index contributed by atoms with van der Waals surface area (Å²) < 4.78 is 6.55. The summed E-state index contributed by atoms with van der Waals surface area (Å²) in [5, 5.41) is 8.98. The molecule has 0 spiro atoms. The van der Waals surface area contributed by atoms with Gasteiger partial charge in [-0.1, -0.05) is 6.07 Å². The third-order valence-corrected chi connectivity index (χ3v) is 2.74. The molecule has 0 aliphatic carbocycles. The van der Waals surface area contributed by atoms with Crippen molar-refractivity contribution in [3.8, 4) is 17.5 Å². The van der Waals surface area contributed by atoms with Crippen LogP contribution in [0.1, 0.15) is 11.1 Å². The molecule has 2 aromatic rings. The molecule has 0 aliphatic rings. The first-order valence-electron chi connectivity index (χ1n) is 5.44. The number of hydrogen-bond donors (Lipinski definition) is 0. The highest BCUT2D eigenvalue weighted by Crippen LogP contribution is 2.15. The van der Waals surface area contributed by atoms with E-state index in [2.05, 4.69) is 0 Å². The minimum absolute atomic E-state index is 0.167. The van der Waals surface area contributed by atoms with Gasteiger partial charge in [-0.2, -0.15) is 5.26 Å². The minimum Gasteiger partial charge on any atom is -0.497 e. The maximum atomic E-state index is 12.1. The number of aryl methyl sites for hydroxylation is 1. The summed E-state index contributed by atoms with van der Waals surface area (Å²) in [6.07, 6.45) is 1.66. The second-order valence-corrected chi connectivity index (χ2v) is 3.86. The van der Waals surface area contributed by atoms with Gasteiger partial charge in [0.25, 0.3) is 5.56 Å². The molecule has 1 aromatic carbocycles. The number of methoxy groups -OCH3 is 1. The number of hydrogen-bond acceptors (Lipinski definition) is 3. The minimum atomic E-state index is -0.314. The second-order valence-electron chi connectivity index (χ2n) is 3.86. The molecule has 2 rings (SSSR count). The number of aromatic nitrogens is 1. The summed E-state index contributed by atoms with van der Waals surface area (Å²) in [5.74, 6) is 0.665. The first-order chi connectivity index (χ1) is 8.67. The Balaban J connectivity index is 2.65. The Labute approximate surface area is 105 Å². The highest BCUT2D eigenvalue weighted by molar-refractivity contribution is 5.42. The molecular weight excluding hydrogens is 228 g/mol. The van der Waals surface area contributed by atoms with E-state index in [-0.39, 0.29) is 11.1 Å². The lowest BCUT2D eigenvalue weighted by molar-refractivity contribution is 0.414. The van der Waals surface area contributed by atoms with Crippen LogP contribution in [0.25, 0.3) is 5.69 Å². The van der Waals surface area contributed by atoms with Gasteiger partial charge in [0.2, 0.25) is 0 Å². The maximum absolute atomic E-state index is 12.1. The van der Waals surface area contributed by atoms with E-state index in [1.54, 1.807) is 50.6 Å². The second kappa shape index (κ2) is 4.76. The van der Waals surface area contributed by atoms with E-state index in [4.69, 9.17) is 10.00 Å². The van der Waals surface area contributed by atoms with Crippen LogP contribution in [-0.4, -0.2) is 11.7 Å². The fraction of sp³-hybridized carbons (Fsp3) is 0.143. The fourth-order valence-corrected chi connectivity index (χ4v) is 1.73. The van der Waals surface area contributed by atoms with Crippen LogP contribution in [0.4, 0.5) is 0 Å². The summed E-state index contributed by atoms with van der Waals surface area (Å²) in [7, 11) is 1.57. The molecule has 0 amide bonds. The van der Waals surface area contributed by atoms with Gasteiger partial charge < -0.3 is 4.74 Å². The Hall–Kier alpha value is -2.54. The molecule has 4 nitrogen and oxygen atoms in total. The van der Waals surface area contributed by atoms with Crippen molar-refractivity contribution >= 4 is 0 Å². The van der Waals surface area contributed by atoms with Crippen molar-refractivity contribution in [3.63, 3.8) is 0 Å².